The van der Waals surface area contributed by atoms with Gasteiger partial charge >= 0.3 is 0 Å². The van der Waals surface area contributed by atoms with Crippen molar-refractivity contribution in [3.05, 3.63) is 23.8 Å². The van der Waals surface area contributed by atoms with Gasteiger partial charge in [0.05, 0.1) is 13.7 Å². The minimum Gasteiger partial charge on any atom is -0.493 e. The van der Waals surface area contributed by atoms with E-state index in [9.17, 15) is 0 Å². The largest absolute Gasteiger partial charge is 0.493 e. The van der Waals surface area contributed by atoms with Gasteiger partial charge in [-0.1, -0.05) is 12.1 Å². The van der Waals surface area contributed by atoms with E-state index in [0.29, 0.717) is 6.61 Å². The number of rotatable bonds is 7. The van der Waals surface area contributed by atoms with Crippen LogP contribution in [0.2, 0.25) is 0 Å². The van der Waals surface area contributed by atoms with E-state index in [1.807, 2.05) is 25.2 Å². The lowest BCUT2D eigenvalue weighted by Crippen LogP contribution is -2.09. The number of hydrogen-bond acceptors (Lipinski definition) is 4. The monoisotopic (exact) mass is 241 g/mol. The third kappa shape index (κ3) is 3.61. The Bertz CT molecular complexity index is 318. The first-order valence-corrected chi connectivity index (χ1v) is 6.65. The summed E-state index contributed by atoms with van der Waals surface area (Å²) < 4.78 is 11.1. The van der Waals surface area contributed by atoms with Crippen LogP contribution in [0.5, 0.6) is 11.5 Å². The number of ether oxygens (including phenoxy) is 2. The number of hydrogen-bond donors (Lipinski definition) is 1. The molecule has 0 saturated carbocycles. The van der Waals surface area contributed by atoms with Crippen molar-refractivity contribution < 1.29 is 9.47 Å². The molecule has 0 aromatic heterocycles. The summed E-state index contributed by atoms with van der Waals surface area (Å²) in [5.41, 5.74) is 1.13. The maximum Gasteiger partial charge on any atom is 0.165 e. The Balaban J connectivity index is 2.81. The molecule has 1 aromatic rings. The lowest BCUT2D eigenvalue weighted by molar-refractivity contribution is 0.309. The lowest BCUT2D eigenvalue weighted by atomic mass is 10.2. The van der Waals surface area contributed by atoms with Crippen molar-refractivity contribution in [1.29, 1.82) is 0 Å². The molecule has 0 aliphatic heterocycles. The molecule has 90 valence electrons. The molecule has 0 saturated heterocycles. The zero-order valence-corrected chi connectivity index (χ0v) is 10.9. The first-order chi connectivity index (χ1) is 7.83. The molecular formula is C12H19NO2S. The van der Waals surface area contributed by atoms with Gasteiger partial charge in [-0.25, -0.2) is 0 Å². The first-order valence-electron chi connectivity index (χ1n) is 5.25. The molecule has 0 fully saturated rings. The SMILES string of the molecule is CNCc1cccc(OC)c1OCCSC. The summed E-state index contributed by atoms with van der Waals surface area (Å²) in [5.74, 6) is 2.64. The van der Waals surface area contributed by atoms with Crippen molar-refractivity contribution in [2.75, 3.05) is 32.8 Å². The molecule has 0 spiro atoms. The number of nitrogens with one attached hydrogen (secondary N) is 1. The van der Waals surface area contributed by atoms with E-state index in [4.69, 9.17) is 9.47 Å². The molecule has 0 aliphatic carbocycles. The second-order valence-electron chi connectivity index (χ2n) is 3.32. The highest BCUT2D eigenvalue weighted by Crippen LogP contribution is 2.31. The Morgan fingerprint density at radius 1 is 1.38 bits per heavy atom. The normalized spacial score (nSPS) is 10.2. The van der Waals surface area contributed by atoms with Crippen LogP contribution >= 0.6 is 11.8 Å². The summed E-state index contributed by atoms with van der Waals surface area (Å²) >= 11 is 1.77. The van der Waals surface area contributed by atoms with Crippen LogP contribution in [0, 0.1) is 0 Å². The van der Waals surface area contributed by atoms with Gasteiger partial charge in [-0.2, -0.15) is 11.8 Å². The Hall–Kier alpha value is -0.870. The van der Waals surface area contributed by atoms with Gasteiger partial charge in [-0.15, -0.1) is 0 Å². The molecular weight excluding hydrogens is 222 g/mol. The fraction of sp³-hybridized carbons (Fsp3) is 0.500. The molecule has 4 heteroatoms. The zero-order valence-electron chi connectivity index (χ0n) is 10.1. The van der Waals surface area contributed by atoms with Gasteiger partial charge in [-0.3, -0.25) is 0 Å². The quantitative estimate of drug-likeness (QED) is 0.741. The van der Waals surface area contributed by atoms with E-state index in [1.54, 1.807) is 18.9 Å². The topological polar surface area (TPSA) is 30.5 Å². The molecule has 1 N–H and O–H groups in total. The third-order valence-corrected chi connectivity index (χ3v) is 2.76. The minimum absolute atomic E-state index is 0.707. The highest BCUT2D eigenvalue weighted by atomic mass is 32.2. The standard InChI is InChI=1S/C12H19NO2S/c1-13-9-10-5-4-6-11(14-2)12(10)15-7-8-16-3/h4-6,13H,7-9H2,1-3H3. The van der Waals surface area contributed by atoms with Gasteiger partial charge in [0, 0.05) is 17.9 Å². The Labute approximate surface area is 102 Å². The molecule has 3 nitrogen and oxygen atoms in total. The van der Waals surface area contributed by atoms with Crippen LogP contribution in [0.15, 0.2) is 18.2 Å². The van der Waals surface area contributed by atoms with Gasteiger partial charge in [0.1, 0.15) is 0 Å². The Morgan fingerprint density at radius 2 is 2.19 bits per heavy atom. The van der Waals surface area contributed by atoms with E-state index in [1.165, 1.54) is 0 Å². The molecule has 0 heterocycles. The first kappa shape index (κ1) is 13.2. The summed E-state index contributed by atoms with van der Waals surface area (Å²) in [5, 5.41) is 3.13. The van der Waals surface area contributed by atoms with Gasteiger partial charge in [0.15, 0.2) is 11.5 Å². The van der Waals surface area contributed by atoms with Crippen LogP contribution in [-0.2, 0) is 6.54 Å². The predicted octanol–water partition coefficient (Wildman–Crippen LogP) is 2.16. The van der Waals surface area contributed by atoms with Crippen molar-refractivity contribution in [2.45, 2.75) is 6.54 Å². The van der Waals surface area contributed by atoms with Crippen molar-refractivity contribution in [3.63, 3.8) is 0 Å². The molecule has 0 atom stereocenters. The molecule has 0 amide bonds. The van der Waals surface area contributed by atoms with Crippen LogP contribution in [0.3, 0.4) is 0 Å². The molecule has 0 aliphatic rings. The number of methoxy groups -OCH3 is 1. The van der Waals surface area contributed by atoms with Crippen LogP contribution < -0.4 is 14.8 Å². The van der Waals surface area contributed by atoms with Crippen molar-refractivity contribution in [2.24, 2.45) is 0 Å². The fourth-order valence-electron chi connectivity index (χ4n) is 1.44. The van der Waals surface area contributed by atoms with Crippen LogP contribution in [0.25, 0.3) is 0 Å². The average molecular weight is 241 g/mol. The van der Waals surface area contributed by atoms with Crippen molar-refractivity contribution in [3.8, 4) is 11.5 Å². The molecule has 0 bridgehead atoms. The summed E-state index contributed by atoms with van der Waals surface area (Å²) in [7, 11) is 3.59. The van der Waals surface area contributed by atoms with Crippen LogP contribution in [0.4, 0.5) is 0 Å². The summed E-state index contributed by atoms with van der Waals surface area (Å²) in [4.78, 5) is 0. The summed E-state index contributed by atoms with van der Waals surface area (Å²) in [6.07, 6.45) is 2.07. The van der Waals surface area contributed by atoms with Gasteiger partial charge in [-0.05, 0) is 19.4 Å². The predicted molar refractivity (Wildman–Crippen MR) is 69.6 cm³/mol. The highest BCUT2D eigenvalue weighted by molar-refractivity contribution is 7.98. The van der Waals surface area contributed by atoms with E-state index in [-0.39, 0.29) is 0 Å². The molecule has 16 heavy (non-hydrogen) atoms. The molecule has 1 aromatic carbocycles. The molecule has 1 rings (SSSR count). The lowest BCUT2D eigenvalue weighted by Gasteiger charge is -2.14. The summed E-state index contributed by atoms with van der Waals surface area (Å²) in [6.45, 7) is 1.49. The Morgan fingerprint density at radius 3 is 2.81 bits per heavy atom. The minimum atomic E-state index is 0.707. The molecule has 0 radical (unpaired) electrons. The maximum absolute atomic E-state index is 5.77. The zero-order chi connectivity index (χ0) is 11.8. The van der Waals surface area contributed by atoms with Crippen LogP contribution in [0.1, 0.15) is 5.56 Å². The van der Waals surface area contributed by atoms with E-state index < -0.39 is 0 Å². The summed E-state index contributed by atoms with van der Waals surface area (Å²) in [6, 6.07) is 5.95. The average Bonchev–Trinajstić information content (AvgIpc) is 2.31. The van der Waals surface area contributed by atoms with E-state index in [2.05, 4.69) is 11.6 Å². The number of thioether (sulfide) groups is 1. The van der Waals surface area contributed by atoms with Crippen molar-refractivity contribution >= 4 is 11.8 Å². The van der Waals surface area contributed by atoms with Gasteiger partial charge in [0.25, 0.3) is 0 Å². The Kier molecular flexibility index (Phi) is 6.11. The highest BCUT2D eigenvalue weighted by Gasteiger charge is 2.09. The third-order valence-electron chi connectivity index (χ3n) is 2.18. The number of para-hydroxylation sites is 1. The maximum atomic E-state index is 5.77. The second-order valence-corrected chi connectivity index (χ2v) is 4.31. The second kappa shape index (κ2) is 7.41. The van der Waals surface area contributed by atoms with Gasteiger partial charge < -0.3 is 14.8 Å². The fourth-order valence-corrected chi connectivity index (χ4v) is 1.69. The molecule has 0 unspecified atom stereocenters. The van der Waals surface area contributed by atoms with Crippen LogP contribution in [-0.4, -0.2) is 32.8 Å². The van der Waals surface area contributed by atoms with E-state index >= 15 is 0 Å². The van der Waals surface area contributed by atoms with Crippen molar-refractivity contribution in [1.82, 2.24) is 5.32 Å². The number of benzene rings is 1. The van der Waals surface area contributed by atoms with Gasteiger partial charge in [0.2, 0.25) is 0 Å². The van der Waals surface area contributed by atoms with E-state index in [0.717, 1.165) is 29.4 Å². The smallest absolute Gasteiger partial charge is 0.165 e.